The number of aromatic nitrogens is 1. The summed E-state index contributed by atoms with van der Waals surface area (Å²) in [6.07, 6.45) is 4.00. The minimum atomic E-state index is 0.145. The lowest BCUT2D eigenvalue weighted by Crippen LogP contribution is -1.98. The summed E-state index contributed by atoms with van der Waals surface area (Å²) in [5.41, 5.74) is 9.56. The molecular weight excluding hydrogens is 334 g/mol. The number of thiazole rings is 1. The number of anilines is 2. The number of aliphatic hydroxyl groups is 1. The molecule has 25 heavy (non-hydrogen) atoms. The molecule has 0 bridgehead atoms. The largest absolute Gasteiger partial charge is 0.397 e. The topological polar surface area (TPSA) is 95.6 Å². The number of aliphatic imine (C=N–C) groups is 1. The molecule has 0 aliphatic rings. The Labute approximate surface area is 151 Å². The molecule has 0 saturated heterocycles. The first-order valence-electron chi connectivity index (χ1n) is 7.84. The van der Waals surface area contributed by atoms with Crippen LogP contribution in [-0.2, 0) is 6.42 Å². The fourth-order valence-electron chi connectivity index (χ4n) is 2.14. The van der Waals surface area contributed by atoms with E-state index < -0.39 is 0 Å². The first-order valence-corrected chi connectivity index (χ1v) is 8.66. The predicted molar refractivity (Wildman–Crippen MR) is 107 cm³/mol. The molecule has 5 N–H and O–H groups in total. The number of allylic oxidation sites excluding steroid dienone is 1. The number of nitrogens with one attached hydrogen (secondary N) is 2. The van der Waals surface area contributed by atoms with Crippen LogP contribution in [0.15, 0.2) is 47.7 Å². The molecule has 0 fully saturated rings. The lowest BCUT2D eigenvalue weighted by molar-refractivity contribution is 0.299. The summed E-state index contributed by atoms with van der Waals surface area (Å²) >= 11 is 1.50. The van der Waals surface area contributed by atoms with Gasteiger partial charge >= 0.3 is 0 Å². The maximum atomic E-state index is 8.92. The van der Waals surface area contributed by atoms with Crippen LogP contribution in [0.2, 0.25) is 0 Å². The van der Waals surface area contributed by atoms with Gasteiger partial charge in [-0.05, 0) is 37.1 Å². The average molecular weight is 357 g/mol. The van der Waals surface area contributed by atoms with E-state index in [0.29, 0.717) is 17.9 Å². The molecule has 1 aromatic carbocycles. The highest BCUT2D eigenvalue weighted by molar-refractivity contribution is 7.16. The Hall–Kier alpha value is -2.64. The van der Waals surface area contributed by atoms with Gasteiger partial charge in [-0.2, -0.15) is 0 Å². The van der Waals surface area contributed by atoms with Crippen LogP contribution in [0, 0.1) is 6.92 Å². The zero-order chi connectivity index (χ0) is 18.2. The third-order valence-electron chi connectivity index (χ3n) is 3.40. The summed E-state index contributed by atoms with van der Waals surface area (Å²) in [5, 5.41) is 15.9. The van der Waals surface area contributed by atoms with Gasteiger partial charge in [-0.3, -0.25) is 0 Å². The Morgan fingerprint density at radius 3 is 2.72 bits per heavy atom. The first kappa shape index (κ1) is 18.7. The van der Waals surface area contributed by atoms with Gasteiger partial charge in [0, 0.05) is 25.6 Å². The fraction of sp³-hybridized carbons (Fsp3) is 0.222. The standard InChI is InChI=1S/C18H23N5OS/c1-12-17(25-18(20-3)22-12)16(19)8-10-21-13(2)23-15-6-4-14(5-7-15)9-11-24/h4-8,10,23-24H,2,9,11,19H2,1,3H3,(H,20,22)/b16-8-,21-10?. The van der Waals surface area contributed by atoms with Gasteiger partial charge < -0.3 is 21.5 Å². The van der Waals surface area contributed by atoms with Crippen molar-refractivity contribution in [2.24, 2.45) is 10.7 Å². The number of benzene rings is 1. The van der Waals surface area contributed by atoms with E-state index in [2.05, 4.69) is 27.2 Å². The maximum absolute atomic E-state index is 8.92. The number of aliphatic hydroxyl groups excluding tert-OH is 1. The Balaban J connectivity index is 1.95. The van der Waals surface area contributed by atoms with E-state index in [1.165, 1.54) is 11.3 Å². The van der Waals surface area contributed by atoms with Crippen molar-refractivity contribution >= 4 is 34.1 Å². The molecular formula is C18H23N5OS. The zero-order valence-electron chi connectivity index (χ0n) is 14.4. The molecule has 0 aliphatic carbocycles. The lowest BCUT2D eigenvalue weighted by Gasteiger charge is -2.06. The molecule has 1 aromatic heterocycles. The quantitative estimate of drug-likeness (QED) is 0.545. The van der Waals surface area contributed by atoms with E-state index in [1.807, 2.05) is 38.2 Å². The summed E-state index contributed by atoms with van der Waals surface area (Å²) in [6.45, 7) is 5.94. The summed E-state index contributed by atoms with van der Waals surface area (Å²) in [5.74, 6) is 0.510. The summed E-state index contributed by atoms with van der Waals surface area (Å²) < 4.78 is 0. The van der Waals surface area contributed by atoms with Crippen molar-refractivity contribution in [2.75, 3.05) is 24.3 Å². The van der Waals surface area contributed by atoms with Crippen LogP contribution in [0.25, 0.3) is 5.70 Å². The van der Waals surface area contributed by atoms with Gasteiger partial charge in [-0.25, -0.2) is 9.98 Å². The Morgan fingerprint density at radius 2 is 2.12 bits per heavy atom. The van der Waals surface area contributed by atoms with Gasteiger partial charge in [0.1, 0.15) is 5.82 Å². The van der Waals surface area contributed by atoms with E-state index in [9.17, 15) is 0 Å². The second-order valence-electron chi connectivity index (χ2n) is 5.33. The molecule has 2 aromatic rings. The van der Waals surface area contributed by atoms with Crippen molar-refractivity contribution in [2.45, 2.75) is 13.3 Å². The van der Waals surface area contributed by atoms with E-state index in [1.54, 1.807) is 12.3 Å². The summed E-state index contributed by atoms with van der Waals surface area (Å²) in [7, 11) is 1.83. The van der Waals surface area contributed by atoms with Crippen LogP contribution in [0.1, 0.15) is 16.1 Å². The van der Waals surface area contributed by atoms with Gasteiger partial charge in [-0.1, -0.05) is 30.0 Å². The van der Waals surface area contributed by atoms with Crippen molar-refractivity contribution < 1.29 is 5.11 Å². The van der Waals surface area contributed by atoms with Crippen LogP contribution in [0.3, 0.4) is 0 Å². The van der Waals surface area contributed by atoms with Gasteiger partial charge in [-0.15, -0.1) is 0 Å². The first-order chi connectivity index (χ1) is 12.0. The van der Waals surface area contributed by atoms with Crippen LogP contribution < -0.4 is 16.4 Å². The molecule has 132 valence electrons. The van der Waals surface area contributed by atoms with Crippen LogP contribution in [0.4, 0.5) is 10.8 Å². The van der Waals surface area contributed by atoms with E-state index >= 15 is 0 Å². The number of aryl methyl sites for hydroxylation is 1. The van der Waals surface area contributed by atoms with Crippen LogP contribution >= 0.6 is 11.3 Å². The predicted octanol–water partition coefficient (Wildman–Crippen LogP) is 2.98. The van der Waals surface area contributed by atoms with Crippen molar-refractivity contribution in [3.63, 3.8) is 0 Å². The third kappa shape index (κ3) is 5.44. The van der Waals surface area contributed by atoms with Crippen LogP contribution in [-0.4, -0.2) is 30.0 Å². The summed E-state index contributed by atoms with van der Waals surface area (Å²) in [4.78, 5) is 9.53. The second kappa shape index (κ2) is 9.00. The Bertz CT molecular complexity index is 777. The highest BCUT2D eigenvalue weighted by Gasteiger charge is 2.08. The molecule has 0 saturated carbocycles. The second-order valence-corrected chi connectivity index (χ2v) is 6.33. The molecule has 0 atom stereocenters. The number of hydrogen-bond donors (Lipinski definition) is 4. The number of nitrogens with two attached hydrogens (primary N) is 1. The monoisotopic (exact) mass is 357 g/mol. The fourth-order valence-corrected chi connectivity index (χ4v) is 2.99. The average Bonchev–Trinajstić information content (AvgIpc) is 2.98. The normalized spacial score (nSPS) is 11.7. The summed E-state index contributed by atoms with van der Waals surface area (Å²) in [6, 6.07) is 7.77. The van der Waals surface area contributed by atoms with Gasteiger partial charge in [0.15, 0.2) is 5.13 Å². The molecule has 1 heterocycles. The van der Waals surface area contributed by atoms with Crippen molar-refractivity contribution in [3.05, 3.63) is 58.9 Å². The lowest BCUT2D eigenvalue weighted by atomic mass is 10.1. The SMILES string of the molecule is C=C(N=C/C=C(\N)c1sc(NC)nc1C)Nc1ccc(CCO)cc1. The molecule has 0 radical (unpaired) electrons. The number of hydrogen-bond acceptors (Lipinski definition) is 7. The Morgan fingerprint density at radius 1 is 1.40 bits per heavy atom. The molecule has 0 unspecified atom stereocenters. The molecule has 6 nitrogen and oxygen atoms in total. The third-order valence-corrected chi connectivity index (χ3v) is 4.62. The minimum Gasteiger partial charge on any atom is -0.397 e. The maximum Gasteiger partial charge on any atom is 0.183 e. The minimum absolute atomic E-state index is 0.145. The van der Waals surface area contributed by atoms with Crippen molar-refractivity contribution in [1.29, 1.82) is 0 Å². The van der Waals surface area contributed by atoms with Crippen LogP contribution in [0.5, 0.6) is 0 Å². The highest BCUT2D eigenvalue weighted by atomic mass is 32.1. The van der Waals surface area contributed by atoms with Crippen molar-refractivity contribution in [1.82, 2.24) is 4.98 Å². The number of rotatable bonds is 8. The molecule has 0 spiro atoms. The van der Waals surface area contributed by atoms with Gasteiger partial charge in [0.2, 0.25) is 0 Å². The Kier molecular flexibility index (Phi) is 6.73. The van der Waals surface area contributed by atoms with Gasteiger partial charge in [0.25, 0.3) is 0 Å². The van der Waals surface area contributed by atoms with Gasteiger partial charge in [0.05, 0.1) is 16.3 Å². The zero-order valence-corrected chi connectivity index (χ0v) is 15.2. The molecule has 2 rings (SSSR count). The van der Waals surface area contributed by atoms with E-state index in [-0.39, 0.29) is 6.61 Å². The van der Waals surface area contributed by atoms with Crippen molar-refractivity contribution in [3.8, 4) is 0 Å². The molecule has 7 heteroatoms. The number of nitrogens with zero attached hydrogens (tertiary/aromatic N) is 2. The smallest absolute Gasteiger partial charge is 0.183 e. The van der Waals surface area contributed by atoms with E-state index in [0.717, 1.165) is 27.0 Å². The molecule has 0 aliphatic heterocycles. The highest BCUT2D eigenvalue weighted by Crippen LogP contribution is 2.26. The molecule has 0 amide bonds. The van der Waals surface area contributed by atoms with E-state index in [4.69, 9.17) is 10.8 Å².